The highest BCUT2D eigenvalue weighted by atomic mass is 19.1. The molecule has 36 heavy (non-hydrogen) atoms. The van der Waals surface area contributed by atoms with Gasteiger partial charge in [-0.25, -0.2) is 9.37 Å². The zero-order valence-corrected chi connectivity index (χ0v) is 20.6. The Labute approximate surface area is 209 Å². The zero-order chi connectivity index (χ0) is 25.2. The van der Waals surface area contributed by atoms with Crippen LogP contribution in [0.4, 0.5) is 4.39 Å². The standard InChI is InChI=1S/C30H28FN5/c1-5-19(18-36(3)4)15-20(6-2)21-13-14-26-25(17-21)29(35-34-26)30-32-27-12-8-11-24(28(27)33-30)22-9-7-10-23(31)16-22/h5-17H,1,18H2,2-4H3,(H,32,33)(H,34,35)/b19-15+,20-6+. The first-order chi connectivity index (χ1) is 17.5. The molecule has 0 unspecified atom stereocenters. The molecular formula is C30H28FN5. The fraction of sp³-hybridized carbons (Fsp3) is 0.133. The molecule has 180 valence electrons. The average molecular weight is 478 g/mol. The highest BCUT2D eigenvalue weighted by Crippen LogP contribution is 2.33. The van der Waals surface area contributed by atoms with E-state index in [1.54, 1.807) is 6.07 Å². The third-order valence-electron chi connectivity index (χ3n) is 6.18. The zero-order valence-electron chi connectivity index (χ0n) is 20.6. The van der Waals surface area contributed by atoms with Gasteiger partial charge in [0.25, 0.3) is 0 Å². The summed E-state index contributed by atoms with van der Waals surface area (Å²) in [5.41, 5.74) is 8.31. The Kier molecular flexibility index (Phi) is 6.36. The van der Waals surface area contributed by atoms with E-state index in [0.29, 0.717) is 5.82 Å². The number of para-hydroxylation sites is 1. The van der Waals surface area contributed by atoms with Crippen LogP contribution in [0, 0.1) is 5.82 Å². The SMILES string of the molecule is C=C/C(=C\C(=C/C)c1ccc2[nH]nc(-c3nc4c(-c5cccc(F)c5)cccc4[nH]3)c2c1)CN(C)C. The second-order valence-electron chi connectivity index (χ2n) is 9.04. The molecule has 0 spiro atoms. The van der Waals surface area contributed by atoms with Crippen molar-refractivity contribution < 1.29 is 4.39 Å². The van der Waals surface area contributed by atoms with E-state index in [9.17, 15) is 4.39 Å². The van der Waals surface area contributed by atoms with Crippen molar-refractivity contribution in [1.82, 2.24) is 25.1 Å². The van der Waals surface area contributed by atoms with Gasteiger partial charge in [0, 0.05) is 17.5 Å². The van der Waals surface area contributed by atoms with E-state index < -0.39 is 0 Å². The minimum Gasteiger partial charge on any atom is -0.337 e. The van der Waals surface area contributed by atoms with E-state index in [1.807, 2.05) is 57.4 Å². The number of aromatic nitrogens is 4. The molecule has 0 aliphatic heterocycles. The van der Waals surface area contributed by atoms with Crippen molar-refractivity contribution in [3.05, 3.63) is 102 Å². The van der Waals surface area contributed by atoms with Gasteiger partial charge in [0.05, 0.1) is 16.6 Å². The summed E-state index contributed by atoms with van der Waals surface area (Å²) in [6, 6.07) is 18.7. The summed E-state index contributed by atoms with van der Waals surface area (Å²) in [4.78, 5) is 10.4. The van der Waals surface area contributed by atoms with Crippen LogP contribution >= 0.6 is 0 Å². The summed E-state index contributed by atoms with van der Waals surface area (Å²) >= 11 is 0. The van der Waals surface area contributed by atoms with Crippen molar-refractivity contribution in [2.24, 2.45) is 0 Å². The number of fused-ring (bicyclic) bond motifs is 2. The topological polar surface area (TPSA) is 60.6 Å². The van der Waals surface area contributed by atoms with Crippen LogP contribution in [0.5, 0.6) is 0 Å². The first-order valence-electron chi connectivity index (χ1n) is 11.8. The number of aromatic amines is 2. The van der Waals surface area contributed by atoms with E-state index >= 15 is 0 Å². The van der Waals surface area contributed by atoms with Crippen molar-refractivity contribution >= 4 is 27.5 Å². The summed E-state index contributed by atoms with van der Waals surface area (Å²) in [5, 5.41) is 8.68. The fourth-order valence-corrected chi connectivity index (χ4v) is 4.47. The largest absolute Gasteiger partial charge is 0.337 e. The molecule has 0 fully saturated rings. The Balaban J connectivity index is 1.59. The molecule has 2 aromatic heterocycles. The smallest absolute Gasteiger partial charge is 0.159 e. The number of allylic oxidation sites excluding steroid dienone is 3. The molecule has 6 heteroatoms. The average Bonchev–Trinajstić information content (AvgIpc) is 3.49. The number of benzene rings is 3. The predicted molar refractivity (Wildman–Crippen MR) is 147 cm³/mol. The van der Waals surface area contributed by atoms with Crippen molar-refractivity contribution in [2.45, 2.75) is 6.92 Å². The Hall–Kier alpha value is -4.29. The van der Waals surface area contributed by atoms with Crippen molar-refractivity contribution in [1.29, 1.82) is 0 Å². The number of nitrogens with zero attached hydrogens (tertiary/aromatic N) is 3. The Morgan fingerprint density at radius 3 is 2.64 bits per heavy atom. The van der Waals surface area contributed by atoms with Gasteiger partial charge in [-0.05, 0) is 73.6 Å². The molecule has 0 atom stereocenters. The summed E-state index contributed by atoms with van der Waals surface area (Å²) in [6.07, 6.45) is 6.17. The first-order valence-corrected chi connectivity index (χ1v) is 11.8. The molecule has 0 saturated carbocycles. The molecule has 3 aromatic carbocycles. The number of likely N-dealkylation sites (N-methyl/N-ethyl adjacent to an activating group) is 1. The lowest BCUT2D eigenvalue weighted by molar-refractivity contribution is 0.449. The van der Waals surface area contributed by atoms with Gasteiger partial charge < -0.3 is 9.88 Å². The molecule has 0 saturated heterocycles. The summed E-state index contributed by atoms with van der Waals surface area (Å²) in [7, 11) is 4.09. The van der Waals surface area contributed by atoms with Crippen LogP contribution in [0.15, 0.2) is 91.0 Å². The Morgan fingerprint density at radius 2 is 1.89 bits per heavy atom. The highest BCUT2D eigenvalue weighted by Gasteiger charge is 2.16. The van der Waals surface area contributed by atoms with Crippen LogP contribution in [-0.2, 0) is 0 Å². The lowest BCUT2D eigenvalue weighted by Crippen LogP contribution is -2.14. The number of hydrogen-bond donors (Lipinski definition) is 2. The molecule has 0 amide bonds. The minimum absolute atomic E-state index is 0.273. The lowest BCUT2D eigenvalue weighted by atomic mass is 10.00. The summed E-state index contributed by atoms with van der Waals surface area (Å²) in [5.74, 6) is 0.388. The van der Waals surface area contributed by atoms with Gasteiger partial charge in [0.1, 0.15) is 11.5 Å². The van der Waals surface area contributed by atoms with E-state index in [-0.39, 0.29) is 5.82 Å². The van der Waals surface area contributed by atoms with Crippen LogP contribution in [0.2, 0.25) is 0 Å². The molecule has 2 N–H and O–H groups in total. The van der Waals surface area contributed by atoms with Crippen LogP contribution < -0.4 is 0 Å². The Bertz CT molecular complexity index is 1630. The molecule has 2 heterocycles. The monoisotopic (exact) mass is 477 g/mol. The normalized spacial score (nSPS) is 12.7. The van der Waals surface area contributed by atoms with Gasteiger partial charge in [-0.1, -0.05) is 55.1 Å². The highest BCUT2D eigenvalue weighted by molar-refractivity contribution is 5.98. The maximum Gasteiger partial charge on any atom is 0.159 e. The van der Waals surface area contributed by atoms with Gasteiger partial charge in [-0.15, -0.1) is 0 Å². The van der Waals surface area contributed by atoms with Gasteiger partial charge in [-0.2, -0.15) is 5.10 Å². The van der Waals surface area contributed by atoms with Crippen LogP contribution in [-0.4, -0.2) is 45.7 Å². The molecule has 5 nitrogen and oxygen atoms in total. The van der Waals surface area contributed by atoms with E-state index in [0.717, 1.165) is 62.0 Å². The van der Waals surface area contributed by atoms with Crippen LogP contribution in [0.3, 0.4) is 0 Å². The number of hydrogen-bond acceptors (Lipinski definition) is 3. The fourth-order valence-electron chi connectivity index (χ4n) is 4.47. The number of rotatable bonds is 7. The molecule has 0 aliphatic rings. The maximum absolute atomic E-state index is 13.9. The maximum atomic E-state index is 13.9. The Morgan fingerprint density at radius 1 is 1.06 bits per heavy atom. The molecule has 5 rings (SSSR count). The number of imidazole rings is 1. The van der Waals surface area contributed by atoms with Crippen LogP contribution in [0.25, 0.3) is 50.2 Å². The quantitative estimate of drug-likeness (QED) is 0.248. The van der Waals surface area contributed by atoms with Gasteiger partial charge in [0.2, 0.25) is 0 Å². The summed E-state index contributed by atoms with van der Waals surface area (Å²) < 4.78 is 13.9. The van der Waals surface area contributed by atoms with Gasteiger partial charge >= 0.3 is 0 Å². The van der Waals surface area contributed by atoms with E-state index in [4.69, 9.17) is 4.98 Å². The molecule has 0 radical (unpaired) electrons. The van der Waals surface area contributed by atoms with Gasteiger partial charge in [0.15, 0.2) is 5.82 Å². The second-order valence-corrected chi connectivity index (χ2v) is 9.04. The first kappa shape index (κ1) is 23.5. The number of H-pyrrole nitrogens is 2. The van der Waals surface area contributed by atoms with Crippen molar-refractivity contribution in [3.8, 4) is 22.6 Å². The lowest BCUT2D eigenvalue weighted by Gasteiger charge is -2.11. The van der Waals surface area contributed by atoms with Crippen molar-refractivity contribution in [2.75, 3.05) is 20.6 Å². The predicted octanol–water partition coefficient (Wildman–Crippen LogP) is 6.99. The molecule has 0 bridgehead atoms. The summed E-state index contributed by atoms with van der Waals surface area (Å²) in [6.45, 7) is 6.82. The van der Waals surface area contributed by atoms with E-state index in [2.05, 4.69) is 50.9 Å². The molecule has 0 aliphatic carbocycles. The number of nitrogens with one attached hydrogen (secondary N) is 2. The van der Waals surface area contributed by atoms with Crippen LogP contribution in [0.1, 0.15) is 12.5 Å². The number of halogens is 1. The third-order valence-corrected chi connectivity index (χ3v) is 6.18. The minimum atomic E-state index is -0.273. The van der Waals surface area contributed by atoms with Gasteiger partial charge in [-0.3, -0.25) is 5.10 Å². The molecule has 5 aromatic rings. The second kappa shape index (κ2) is 9.76. The van der Waals surface area contributed by atoms with Crippen molar-refractivity contribution in [3.63, 3.8) is 0 Å². The molecular weight excluding hydrogens is 449 g/mol. The third kappa shape index (κ3) is 4.51. The van der Waals surface area contributed by atoms with E-state index in [1.165, 1.54) is 12.1 Å².